The van der Waals surface area contributed by atoms with Crippen LogP contribution >= 0.6 is 0 Å². The minimum atomic E-state index is 0.0222. The number of amidine groups is 1. The molecule has 0 aliphatic carbocycles. The van der Waals surface area contributed by atoms with Gasteiger partial charge in [-0.2, -0.15) is 0 Å². The van der Waals surface area contributed by atoms with E-state index in [4.69, 9.17) is 20.4 Å². The summed E-state index contributed by atoms with van der Waals surface area (Å²) in [6.07, 6.45) is 0. The second-order valence-corrected chi connectivity index (χ2v) is 4.49. The fourth-order valence-corrected chi connectivity index (χ4v) is 1.84. The van der Waals surface area contributed by atoms with Crippen molar-refractivity contribution < 1.29 is 14.7 Å². The van der Waals surface area contributed by atoms with Gasteiger partial charge in [-0.15, -0.1) is 0 Å². The van der Waals surface area contributed by atoms with Crippen LogP contribution < -0.4 is 15.2 Å². The summed E-state index contributed by atoms with van der Waals surface area (Å²) in [5, 5.41) is 11.8. The van der Waals surface area contributed by atoms with E-state index in [0.717, 1.165) is 11.3 Å². The van der Waals surface area contributed by atoms with Crippen molar-refractivity contribution in [2.75, 3.05) is 13.2 Å². The fourth-order valence-electron chi connectivity index (χ4n) is 1.84. The van der Waals surface area contributed by atoms with Gasteiger partial charge in [0.25, 0.3) is 0 Å². The monoisotopic (exact) mass is 286 g/mol. The molecule has 0 heterocycles. The molecule has 2 aromatic rings. The van der Waals surface area contributed by atoms with Crippen LogP contribution in [0.3, 0.4) is 0 Å². The van der Waals surface area contributed by atoms with E-state index >= 15 is 0 Å². The smallest absolute Gasteiger partial charge is 0.173 e. The van der Waals surface area contributed by atoms with Crippen molar-refractivity contribution in [1.82, 2.24) is 0 Å². The average molecular weight is 286 g/mol. The van der Waals surface area contributed by atoms with Gasteiger partial charge in [-0.3, -0.25) is 0 Å². The topological polar surface area (TPSA) is 77.1 Å². The molecule has 0 aromatic heterocycles. The quantitative estimate of drug-likeness (QED) is 0.281. The Morgan fingerprint density at radius 3 is 2.52 bits per heavy atom. The van der Waals surface area contributed by atoms with E-state index in [9.17, 15) is 0 Å². The summed E-state index contributed by atoms with van der Waals surface area (Å²) in [6.45, 7) is 2.72. The summed E-state index contributed by atoms with van der Waals surface area (Å²) in [7, 11) is 0. The molecule has 0 saturated carbocycles. The van der Waals surface area contributed by atoms with E-state index in [-0.39, 0.29) is 5.84 Å². The standard InChI is InChI=1S/C16H18N2O3/c1-12-7-8-14(16(17)18-19)15(11-12)21-10-9-20-13-5-3-2-4-6-13/h2-8,11,19H,9-10H2,1H3,(H2,17,18). The molecule has 0 radical (unpaired) electrons. The molecule has 0 saturated heterocycles. The molecule has 0 unspecified atom stereocenters. The van der Waals surface area contributed by atoms with Crippen molar-refractivity contribution >= 4 is 5.84 Å². The summed E-state index contributed by atoms with van der Waals surface area (Å²) in [5.41, 5.74) is 7.22. The largest absolute Gasteiger partial charge is 0.490 e. The molecule has 5 heteroatoms. The van der Waals surface area contributed by atoms with Crippen molar-refractivity contribution in [3.63, 3.8) is 0 Å². The lowest BCUT2D eigenvalue weighted by Gasteiger charge is -2.12. The van der Waals surface area contributed by atoms with Crippen LogP contribution in [0, 0.1) is 6.92 Å². The number of aryl methyl sites for hydroxylation is 1. The van der Waals surface area contributed by atoms with Crippen molar-refractivity contribution in [1.29, 1.82) is 0 Å². The third-order valence-electron chi connectivity index (χ3n) is 2.87. The van der Waals surface area contributed by atoms with Gasteiger partial charge in [0.05, 0.1) is 5.56 Å². The molecule has 0 fully saturated rings. The van der Waals surface area contributed by atoms with Crippen LogP contribution in [-0.4, -0.2) is 24.3 Å². The predicted molar refractivity (Wildman–Crippen MR) is 81.1 cm³/mol. The Balaban J connectivity index is 1.95. The summed E-state index contributed by atoms with van der Waals surface area (Å²) in [5.74, 6) is 1.39. The van der Waals surface area contributed by atoms with Crippen LogP contribution in [0.4, 0.5) is 0 Å². The van der Waals surface area contributed by atoms with Gasteiger partial charge in [0, 0.05) is 0 Å². The number of ether oxygens (including phenoxy) is 2. The predicted octanol–water partition coefficient (Wildman–Crippen LogP) is 2.55. The van der Waals surface area contributed by atoms with Gasteiger partial charge in [0.2, 0.25) is 0 Å². The zero-order valence-electron chi connectivity index (χ0n) is 11.8. The number of nitrogens with two attached hydrogens (primary N) is 1. The molecular formula is C16H18N2O3. The summed E-state index contributed by atoms with van der Waals surface area (Å²) in [6, 6.07) is 15.0. The number of oxime groups is 1. The van der Waals surface area contributed by atoms with Crippen LogP contribution in [0.2, 0.25) is 0 Å². The number of para-hydroxylation sites is 1. The highest BCUT2D eigenvalue weighted by atomic mass is 16.5. The van der Waals surface area contributed by atoms with Gasteiger partial charge in [0.1, 0.15) is 24.7 Å². The highest BCUT2D eigenvalue weighted by Crippen LogP contribution is 2.20. The van der Waals surface area contributed by atoms with E-state index in [1.54, 1.807) is 6.07 Å². The zero-order chi connectivity index (χ0) is 15.1. The second-order valence-electron chi connectivity index (χ2n) is 4.49. The minimum absolute atomic E-state index is 0.0222. The van der Waals surface area contributed by atoms with E-state index < -0.39 is 0 Å². The number of hydrogen-bond donors (Lipinski definition) is 2. The van der Waals surface area contributed by atoms with Gasteiger partial charge >= 0.3 is 0 Å². The maximum Gasteiger partial charge on any atom is 0.173 e. The Bertz CT molecular complexity index is 612. The van der Waals surface area contributed by atoms with Crippen molar-refractivity contribution in [2.45, 2.75) is 6.92 Å². The van der Waals surface area contributed by atoms with E-state index in [1.807, 2.05) is 49.4 Å². The molecular weight excluding hydrogens is 268 g/mol. The van der Waals surface area contributed by atoms with Gasteiger partial charge in [-0.1, -0.05) is 29.4 Å². The minimum Gasteiger partial charge on any atom is -0.490 e. The number of hydrogen-bond acceptors (Lipinski definition) is 4. The molecule has 0 aliphatic rings. The molecule has 2 rings (SSSR count). The summed E-state index contributed by atoms with van der Waals surface area (Å²) in [4.78, 5) is 0. The molecule has 2 aromatic carbocycles. The van der Waals surface area contributed by atoms with Crippen LogP contribution in [0.15, 0.2) is 53.7 Å². The third-order valence-corrected chi connectivity index (χ3v) is 2.87. The number of nitrogens with zero attached hydrogens (tertiary/aromatic N) is 1. The molecule has 5 nitrogen and oxygen atoms in total. The maximum atomic E-state index is 8.78. The SMILES string of the molecule is Cc1ccc(C(N)=NO)c(OCCOc2ccccc2)c1. The van der Waals surface area contributed by atoms with Crippen LogP contribution in [-0.2, 0) is 0 Å². The van der Waals surface area contributed by atoms with E-state index in [2.05, 4.69) is 5.16 Å². The molecule has 3 N–H and O–H groups in total. The molecule has 0 atom stereocenters. The molecule has 0 spiro atoms. The van der Waals surface area contributed by atoms with Gasteiger partial charge < -0.3 is 20.4 Å². The van der Waals surface area contributed by atoms with Crippen molar-refractivity contribution in [3.05, 3.63) is 59.7 Å². The zero-order valence-corrected chi connectivity index (χ0v) is 11.8. The molecule has 0 aliphatic heterocycles. The van der Waals surface area contributed by atoms with E-state index in [0.29, 0.717) is 24.5 Å². The normalized spacial score (nSPS) is 11.2. The van der Waals surface area contributed by atoms with Crippen LogP contribution in [0.25, 0.3) is 0 Å². The van der Waals surface area contributed by atoms with Crippen LogP contribution in [0.1, 0.15) is 11.1 Å². The Hall–Kier alpha value is -2.69. The van der Waals surface area contributed by atoms with Crippen LogP contribution in [0.5, 0.6) is 11.5 Å². The number of benzene rings is 2. The first-order chi connectivity index (χ1) is 10.2. The lowest BCUT2D eigenvalue weighted by molar-refractivity contribution is 0.216. The Kier molecular flexibility index (Phi) is 5.04. The highest BCUT2D eigenvalue weighted by Gasteiger charge is 2.08. The van der Waals surface area contributed by atoms with Crippen molar-refractivity contribution in [2.24, 2.45) is 10.9 Å². The molecule has 21 heavy (non-hydrogen) atoms. The van der Waals surface area contributed by atoms with Gasteiger partial charge in [-0.05, 0) is 36.8 Å². The first kappa shape index (κ1) is 14.7. The first-order valence-electron chi connectivity index (χ1n) is 6.60. The summed E-state index contributed by atoms with van der Waals surface area (Å²) >= 11 is 0. The van der Waals surface area contributed by atoms with Gasteiger partial charge in [0.15, 0.2) is 5.84 Å². The fraction of sp³-hybridized carbons (Fsp3) is 0.188. The molecule has 0 bridgehead atoms. The summed E-state index contributed by atoms with van der Waals surface area (Å²) < 4.78 is 11.2. The number of rotatable bonds is 6. The third kappa shape index (κ3) is 4.14. The lowest BCUT2D eigenvalue weighted by Crippen LogP contribution is -2.16. The lowest BCUT2D eigenvalue weighted by atomic mass is 10.1. The first-order valence-corrected chi connectivity index (χ1v) is 6.60. The average Bonchev–Trinajstić information content (AvgIpc) is 2.52. The van der Waals surface area contributed by atoms with E-state index in [1.165, 1.54) is 0 Å². The highest BCUT2D eigenvalue weighted by molar-refractivity contribution is 5.99. The maximum absolute atomic E-state index is 8.78. The van der Waals surface area contributed by atoms with Gasteiger partial charge in [-0.25, -0.2) is 0 Å². The molecule has 0 amide bonds. The Morgan fingerprint density at radius 1 is 1.10 bits per heavy atom. The Labute approximate surface area is 123 Å². The molecule has 110 valence electrons. The second kappa shape index (κ2) is 7.19. The van der Waals surface area contributed by atoms with Crippen molar-refractivity contribution in [3.8, 4) is 11.5 Å². The Morgan fingerprint density at radius 2 is 1.81 bits per heavy atom.